The molecule has 0 saturated heterocycles. The average Bonchev–Trinajstić information content (AvgIpc) is 2.91. The van der Waals surface area contributed by atoms with Crippen molar-refractivity contribution in [2.24, 2.45) is 0 Å². The van der Waals surface area contributed by atoms with Crippen molar-refractivity contribution >= 4 is 55.6 Å². The molecule has 0 aliphatic carbocycles. The second kappa shape index (κ2) is 11.4. The minimum Gasteiger partial charge on any atom is -0.352 e. The molecule has 0 atom stereocenters. The Morgan fingerprint density at radius 3 is 2.44 bits per heavy atom. The van der Waals surface area contributed by atoms with Crippen LogP contribution in [0, 0.1) is 12.7 Å². The molecule has 3 aromatic carbocycles. The third kappa shape index (κ3) is 5.98. The number of rotatable bonds is 8. The Hall–Kier alpha value is -4.17. The van der Waals surface area contributed by atoms with Crippen LogP contribution in [0.4, 0.5) is 34.6 Å². The SMILES string of the molecule is CCCS(=O)(=O)N(OC(=O)C(F)(F)F)c1ccc(F)c(Nc2ccc3ncn(-c4ccccc4)c(=O)c3c2C)c1Cl. The highest BCUT2D eigenvalue weighted by molar-refractivity contribution is 7.92. The lowest BCUT2D eigenvalue weighted by molar-refractivity contribution is -0.199. The lowest BCUT2D eigenvalue weighted by Gasteiger charge is -2.25. The Labute approximate surface area is 235 Å². The maximum absolute atomic E-state index is 15.0. The van der Waals surface area contributed by atoms with Gasteiger partial charge in [-0.3, -0.25) is 9.36 Å². The molecule has 216 valence electrons. The van der Waals surface area contributed by atoms with E-state index in [1.807, 2.05) is 0 Å². The monoisotopic (exact) mass is 612 g/mol. The van der Waals surface area contributed by atoms with Gasteiger partial charge < -0.3 is 10.2 Å². The van der Waals surface area contributed by atoms with E-state index in [9.17, 15) is 31.2 Å². The summed E-state index contributed by atoms with van der Waals surface area (Å²) in [7, 11) is -4.68. The number of para-hydroxylation sites is 1. The number of aromatic nitrogens is 2. The fraction of sp³-hybridized carbons (Fsp3) is 0.192. The molecule has 0 spiro atoms. The number of anilines is 3. The second-order valence-electron chi connectivity index (χ2n) is 8.69. The van der Waals surface area contributed by atoms with Crippen molar-refractivity contribution < 1.29 is 35.6 Å². The Kier molecular flexibility index (Phi) is 8.27. The first-order valence-corrected chi connectivity index (χ1v) is 13.9. The molecule has 4 rings (SSSR count). The van der Waals surface area contributed by atoms with E-state index in [4.69, 9.17) is 11.6 Å². The van der Waals surface area contributed by atoms with Crippen LogP contribution < -0.4 is 15.3 Å². The molecule has 1 heterocycles. The van der Waals surface area contributed by atoms with Gasteiger partial charge in [0.15, 0.2) is 0 Å². The van der Waals surface area contributed by atoms with E-state index in [0.29, 0.717) is 16.8 Å². The van der Waals surface area contributed by atoms with Crippen LogP contribution in [-0.4, -0.2) is 35.9 Å². The van der Waals surface area contributed by atoms with E-state index >= 15 is 4.39 Å². The third-order valence-electron chi connectivity index (χ3n) is 5.86. The molecule has 41 heavy (non-hydrogen) atoms. The zero-order valence-electron chi connectivity index (χ0n) is 21.4. The van der Waals surface area contributed by atoms with E-state index in [0.717, 1.165) is 12.1 Å². The van der Waals surface area contributed by atoms with Crippen LogP contribution in [0.1, 0.15) is 18.9 Å². The number of nitrogens with zero attached hydrogens (tertiary/aromatic N) is 3. The van der Waals surface area contributed by atoms with Crippen molar-refractivity contribution in [2.45, 2.75) is 26.4 Å². The quantitative estimate of drug-likeness (QED) is 0.198. The van der Waals surface area contributed by atoms with Crippen molar-refractivity contribution in [3.63, 3.8) is 0 Å². The van der Waals surface area contributed by atoms with Gasteiger partial charge >= 0.3 is 12.1 Å². The highest BCUT2D eigenvalue weighted by atomic mass is 35.5. The molecule has 0 unspecified atom stereocenters. The number of benzene rings is 3. The van der Waals surface area contributed by atoms with Crippen LogP contribution in [0.3, 0.4) is 0 Å². The molecule has 0 fully saturated rings. The van der Waals surface area contributed by atoms with Crippen molar-refractivity contribution in [1.82, 2.24) is 9.55 Å². The molecule has 4 aromatic rings. The summed E-state index contributed by atoms with van der Waals surface area (Å²) in [5.41, 5.74) is -0.347. The normalized spacial score (nSPS) is 11.9. The number of carbonyl (C=O) groups is 1. The molecule has 9 nitrogen and oxygen atoms in total. The molecular formula is C26H21ClF4N4O5S. The highest BCUT2D eigenvalue weighted by Gasteiger charge is 2.45. The standard InChI is InChI=1S/C26H21ClF4N4O5S/c1-3-13-41(38,39)35(40-25(37)26(29,30)31)20-12-9-17(28)23(22(20)27)33-18-10-11-19-21(15(18)2)24(36)34(14-32-19)16-7-5-4-6-8-16/h4-12,14,33H,3,13H2,1-2H3. The summed E-state index contributed by atoms with van der Waals surface area (Å²) in [5, 5.41) is 2.16. The van der Waals surface area contributed by atoms with E-state index in [1.165, 1.54) is 30.0 Å². The maximum Gasteiger partial charge on any atom is 0.493 e. The molecule has 0 bridgehead atoms. The van der Waals surface area contributed by atoms with Gasteiger partial charge in [-0.2, -0.15) is 13.2 Å². The van der Waals surface area contributed by atoms with Crippen molar-refractivity contribution in [3.8, 4) is 5.69 Å². The third-order valence-corrected chi connectivity index (χ3v) is 7.94. The average molecular weight is 613 g/mol. The first-order valence-electron chi connectivity index (χ1n) is 11.9. The van der Waals surface area contributed by atoms with E-state index in [1.54, 1.807) is 37.3 Å². The molecule has 0 aliphatic heterocycles. The number of carbonyl (C=O) groups excluding carboxylic acids is 1. The number of aryl methyl sites for hydroxylation is 1. The smallest absolute Gasteiger partial charge is 0.352 e. The van der Waals surface area contributed by atoms with Crippen LogP contribution in [0.25, 0.3) is 16.6 Å². The predicted octanol–water partition coefficient (Wildman–Crippen LogP) is 5.80. The molecule has 0 aliphatic rings. The van der Waals surface area contributed by atoms with Gasteiger partial charge in [0.25, 0.3) is 15.6 Å². The first-order chi connectivity index (χ1) is 19.3. The van der Waals surface area contributed by atoms with Gasteiger partial charge in [0, 0.05) is 5.69 Å². The summed E-state index contributed by atoms with van der Waals surface area (Å²) >= 11 is 6.31. The summed E-state index contributed by atoms with van der Waals surface area (Å²) in [5.74, 6) is -4.54. The fourth-order valence-electron chi connectivity index (χ4n) is 3.93. The molecule has 15 heteroatoms. The van der Waals surface area contributed by atoms with Gasteiger partial charge in [-0.05, 0) is 55.3 Å². The number of nitrogens with one attached hydrogen (secondary N) is 1. The molecule has 0 radical (unpaired) electrons. The summed E-state index contributed by atoms with van der Waals surface area (Å²) in [6.07, 6.45) is -4.21. The van der Waals surface area contributed by atoms with E-state index in [-0.39, 0.29) is 22.0 Å². The highest BCUT2D eigenvalue weighted by Crippen LogP contribution is 2.39. The number of hydrogen-bond acceptors (Lipinski definition) is 7. The van der Waals surface area contributed by atoms with E-state index < -0.39 is 55.7 Å². The minimum absolute atomic E-state index is 0.0445. The molecular weight excluding hydrogens is 592 g/mol. The maximum atomic E-state index is 15.0. The van der Waals surface area contributed by atoms with Crippen molar-refractivity contribution in [1.29, 1.82) is 0 Å². The van der Waals surface area contributed by atoms with Crippen molar-refractivity contribution in [2.75, 3.05) is 15.5 Å². The minimum atomic E-state index is -5.53. The topological polar surface area (TPSA) is 111 Å². The second-order valence-corrected chi connectivity index (χ2v) is 11.0. The molecule has 1 N–H and O–H groups in total. The Balaban J connectivity index is 1.83. The Morgan fingerprint density at radius 2 is 1.80 bits per heavy atom. The van der Waals surface area contributed by atoms with Crippen LogP contribution in [-0.2, 0) is 19.7 Å². The summed E-state index contributed by atoms with van der Waals surface area (Å²) in [4.78, 5) is 33.4. The van der Waals surface area contributed by atoms with Crippen LogP contribution in [0.2, 0.25) is 5.02 Å². The first kappa shape index (κ1) is 29.8. The summed E-state index contributed by atoms with van der Waals surface area (Å²) < 4.78 is 80.4. The lowest BCUT2D eigenvalue weighted by Crippen LogP contribution is -2.40. The lowest BCUT2D eigenvalue weighted by atomic mass is 10.1. The Bertz CT molecular complexity index is 1800. The van der Waals surface area contributed by atoms with Crippen LogP contribution >= 0.6 is 11.6 Å². The van der Waals surface area contributed by atoms with Crippen LogP contribution in [0.5, 0.6) is 0 Å². The van der Waals surface area contributed by atoms with Crippen molar-refractivity contribution in [3.05, 3.63) is 87.7 Å². The van der Waals surface area contributed by atoms with Gasteiger partial charge in [-0.1, -0.05) is 41.2 Å². The van der Waals surface area contributed by atoms with Gasteiger partial charge in [-0.15, -0.1) is 0 Å². The van der Waals surface area contributed by atoms with Gasteiger partial charge in [0.1, 0.15) is 17.8 Å². The summed E-state index contributed by atoms with van der Waals surface area (Å²) in [6, 6.07) is 13.1. The predicted molar refractivity (Wildman–Crippen MR) is 145 cm³/mol. The number of sulfonamides is 1. The number of alkyl halides is 3. The number of halogens is 5. The fourth-order valence-corrected chi connectivity index (χ4v) is 5.57. The molecule has 0 amide bonds. The zero-order valence-corrected chi connectivity index (χ0v) is 22.9. The summed E-state index contributed by atoms with van der Waals surface area (Å²) in [6.45, 7) is 2.99. The zero-order chi connectivity index (χ0) is 30.1. The molecule has 1 aromatic heterocycles. The van der Waals surface area contributed by atoms with Gasteiger partial charge in [0.05, 0.1) is 33.1 Å². The Morgan fingerprint density at radius 1 is 1.12 bits per heavy atom. The molecule has 0 saturated carbocycles. The largest absolute Gasteiger partial charge is 0.493 e. The van der Waals surface area contributed by atoms with E-state index in [2.05, 4.69) is 15.1 Å². The van der Waals surface area contributed by atoms with Crippen LogP contribution in [0.15, 0.2) is 65.7 Å². The number of fused-ring (bicyclic) bond motifs is 1. The van der Waals surface area contributed by atoms with Gasteiger partial charge in [-0.25, -0.2) is 22.6 Å². The number of hydrogen-bond donors (Lipinski definition) is 1. The van der Waals surface area contributed by atoms with Gasteiger partial charge in [0.2, 0.25) is 0 Å².